The quantitative estimate of drug-likeness (QED) is 0.735. The number of carbonyl (C=O) groups is 1. The lowest BCUT2D eigenvalue weighted by Crippen LogP contribution is -2.22. The van der Waals surface area contributed by atoms with Gasteiger partial charge in [0, 0.05) is 13.1 Å². The SMILES string of the molecule is COc1ccc(/C=C/C(=O)NCc2nc3ccccc3n2C)cc1. The molecule has 0 saturated carbocycles. The molecule has 1 amide bonds. The fraction of sp³-hybridized carbons (Fsp3) is 0.158. The van der Waals surface area contributed by atoms with Gasteiger partial charge in [0.1, 0.15) is 11.6 Å². The molecule has 0 aliphatic rings. The highest BCUT2D eigenvalue weighted by molar-refractivity contribution is 5.91. The third-order valence-corrected chi connectivity index (χ3v) is 3.84. The van der Waals surface area contributed by atoms with Crippen LogP contribution in [-0.2, 0) is 18.4 Å². The Labute approximate surface area is 140 Å². The first-order valence-electron chi connectivity index (χ1n) is 7.67. The number of ether oxygens (including phenoxy) is 1. The van der Waals surface area contributed by atoms with E-state index in [0.29, 0.717) is 6.54 Å². The number of nitrogens with one attached hydrogen (secondary N) is 1. The topological polar surface area (TPSA) is 56.1 Å². The van der Waals surface area contributed by atoms with Gasteiger partial charge >= 0.3 is 0 Å². The van der Waals surface area contributed by atoms with Gasteiger partial charge in [-0.3, -0.25) is 4.79 Å². The molecule has 0 spiro atoms. The van der Waals surface area contributed by atoms with Gasteiger partial charge in [0.05, 0.1) is 24.7 Å². The van der Waals surface area contributed by atoms with Crippen LogP contribution in [0.3, 0.4) is 0 Å². The van der Waals surface area contributed by atoms with Crippen LogP contribution in [0.5, 0.6) is 5.75 Å². The summed E-state index contributed by atoms with van der Waals surface area (Å²) in [6.07, 6.45) is 3.29. The maximum absolute atomic E-state index is 12.0. The van der Waals surface area contributed by atoms with Gasteiger partial charge in [0.25, 0.3) is 0 Å². The predicted molar refractivity (Wildman–Crippen MR) is 94.6 cm³/mol. The highest BCUT2D eigenvalue weighted by atomic mass is 16.5. The normalized spacial score (nSPS) is 11.1. The molecule has 122 valence electrons. The molecule has 0 aliphatic carbocycles. The molecule has 5 heteroatoms. The summed E-state index contributed by atoms with van der Waals surface area (Å²) in [6.45, 7) is 0.386. The van der Waals surface area contributed by atoms with Crippen LogP contribution in [0.15, 0.2) is 54.6 Å². The lowest BCUT2D eigenvalue weighted by Gasteiger charge is -2.03. The Morgan fingerprint density at radius 2 is 1.96 bits per heavy atom. The number of benzene rings is 2. The van der Waals surface area contributed by atoms with Gasteiger partial charge in [-0.15, -0.1) is 0 Å². The van der Waals surface area contributed by atoms with Crippen molar-refractivity contribution in [1.29, 1.82) is 0 Å². The summed E-state index contributed by atoms with van der Waals surface area (Å²) in [5, 5.41) is 2.86. The molecule has 3 rings (SSSR count). The zero-order valence-corrected chi connectivity index (χ0v) is 13.7. The molecule has 0 radical (unpaired) electrons. The molecule has 0 unspecified atom stereocenters. The lowest BCUT2D eigenvalue weighted by molar-refractivity contribution is -0.116. The molecule has 0 bridgehead atoms. The molecule has 0 fully saturated rings. The minimum atomic E-state index is -0.155. The van der Waals surface area contributed by atoms with E-state index in [9.17, 15) is 4.79 Å². The highest BCUT2D eigenvalue weighted by Crippen LogP contribution is 2.14. The second-order valence-corrected chi connectivity index (χ2v) is 5.40. The summed E-state index contributed by atoms with van der Waals surface area (Å²) >= 11 is 0. The minimum absolute atomic E-state index is 0.155. The van der Waals surface area contributed by atoms with Crippen LogP contribution in [-0.4, -0.2) is 22.6 Å². The molecule has 5 nitrogen and oxygen atoms in total. The van der Waals surface area contributed by atoms with Crippen molar-refractivity contribution < 1.29 is 9.53 Å². The van der Waals surface area contributed by atoms with Crippen LogP contribution < -0.4 is 10.1 Å². The summed E-state index contributed by atoms with van der Waals surface area (Å²) in [7, 11) is 3.57. The smallest absolute Gasteiger partial charge is 0.244 e. The predicted octanol–water partition coefficient (Wildman–Crippen LogP) is 2.91. The Hall–Kier alpha value is -3.08. The zero-order chi connectivity index (χ0) is 16.9. The molecule has 0 saturated heterocycles. The fourth-order valence-corrected chi connectivity index (χ4v) is 2.47. The number of carbonyl (C=O) groups excluding carboxylic acids is 1. The van der Waals surface area contributed by atoms with Gasteiger partial charge in [0.2, 0.25) is 5.91 Å². The second-order valence-electron chi connectivity index (χ2n) is 5.40. The van der Waals surface area contributed by atoms with E-state index < -0.39 is 0 Å². The number of fused-ring (bicyclic) bond motifs is 1. The highest BCUT2D eigenvalue weighted by Gasteiger charge is 2.07. The number of rotatable bonds is 5. The number of methoxy groups -OCH3 is 1. The number of hydrogen-bond donors (Lipinski definition) is 1. The number of hydrogen-bond acceptors (Lipinski definition) is 3. The van der Waals surface area contributed by atoms with Crippen LogP contribution in [0.25, 0.3) is 17.1 Å². The van der Waals surface area contributed by atoms with Crippen LogP contribution in [0, 0.1) is 0 Å². The van der Waals surface area contributed by atoms with Crippen LogP contribution >= 0.6 is 0 Å². The number of aromatic nitrogens is 2. The van der Waals surface area contributed by atoms with Gasteiger partial charge in [-0.1, -0.05) is 24.3 Å². The van der Waals surface area contributed by atoms with Gasteiger partial charge in [-0.05, 0) is 35.9 Å². The molecule has 0 atom stereocenters. The van der Waals surface area contributed by atoms with E-state index >= 15 is 0 Å². The van der Waals surface area contributed by atoms with Crippen molar-refractivity contribution in [2.75, 3.05) is 7.11 Å². The van der Waals surface area contributed by atoms with E-state index in [1.165, 1.54) is 6.08 Å². The Morgan fingerprint density at radius 3 is 2.67 bits per heavy atom. The molecule has 2 aromatic carbocycles. The average molecular weight is 321 g/mol. The third-order valence-electron chi connectivity index (χ3n) is 3.84. The maximum Gasteiger partial charge on any atom is 0.244 e. The first kappa shape index (κ1) is 15.8. The van der Waals surface area contributed by atoms with E-state index in [2.05, 4.69) is 10.3 Å². The van der Waals surface area contributed by atoms with Crippen molar-refractivity contribution in [3.8, 4) is 5.75 Å². The second kappa shape index (κ2) is 7.00. The maximum atomic E-state index is 12.0. The van der Waals surface area contributed by atoms with Crippen LogP contribution in [0.4, 0.5) is 0 Å². The van der Waals surface area contributed by atoms with Crippen molar-refractivity contribution in [2.24, 2.45) is 7.05 Å². The summed E-state index contributed by atoms with van der Waals surface area (Å²) in [6, 6.07) is 15.4. The summed E-state index contributed by atoms with van der Waals surface area (Å²) in [4.78, 5) is 16.5. The standard InChI is InChI=1S/C19H19N3O2/c1-22-17-6-4-3-5-16(17)21-18(22)13-20-19(23)12-9-14-7-10-15(24-2)11-8-14/h3-12H,13H2,1-2H3,(H,20,23)/b12-9+. The van der Waals surface area contributed by atoms with E-state index in [1.807, 2.05) is 60.1 Å². The molecule has 3 aromatic rings. The zero-order valence-electron chi connectivity index (χ0n) is 13.7. The summed E-state index contributed by atoms with van der Waals surface area (Å²) in [5.74, 6) is 1.46. The van der Waals surface area contributed by atoms with Gasteiger partial charge in [-0.2, -0.15) is 0 Å². The number of nitrogens with zero attached hydrogens (tertiary/aromatic N) is 2. The lowest BCUT2D eigenvalue weighted by atomic mass is 10.2. The first-order chi connectivity index (χ1) is 11.7. The molecular formula is C19H19N3O2. The molecule has 1 heterocycles. The largest absolute Gasteiger partial charge is 0.497 e. The number of aryl methyl sites for hydroxylation is 1. The number of amides is 1. The van der Waals surface area contributed by atoms with Crippen molar-refractivity contribution in [3.05, 3.63) is 66.0 Å². The summed E-state index contributed by atoms with van der Waals surface area (Å²) < 4.78 is 7.09. The Kier molecular flexibility index (Phi) is 4.61. The third kappa shape index (κ3) is 3.46. The van der Waals surface area contributed by atoms with Crippen molar-refractivity contribution in [3.63, 3.8) is 0 Å². The molecule has 0 aliphatic heterocycles. The molecular weight excluding hydrogens is 302 g/mol. The summed E-state index contributed by atoms with van der Waals surface area (Å²) in [5.41, 5.74) is 2.92. The fourth-order valence-electron chi connectivity index (χ4n) is 2.47. The van der Waals surface area contributed by atoms with Gasteiger partial charge in [-0.25, -0.2) is 4.98 Å². The Bertz CT molecular complexity index is 879. The van der Waals surface area contributed by atoms with Gasteiger partial charge in [0.15, 0.2) is 0 Å². The van der Waals surface area contributed by atoms with E-state index in [4.69, 9.17) is 4.74 Å². The van der Waals surface area contributed by atoms with Gasteiger partial charge < -0.3 is 14.6 Å². The monoisotopic (exact) mass is 321 g/mol. The van der Waals surface area contributed by atoms with Crippen molar-refractivity contribution >= 4 is 23.0 Å². The molecule has 1 N–H and O–H groups in total. The van der Waals surface area contributed by atoms with Crippen molar-refractivity contribution in [2.45, 2.75) is 6.54 Å². The minimum Gasteiger partial charge on any atom is -0.497 e. The molecule has 24 heavy (non-hydrogen) atoms. The first-order valence-corrected chi connectivity index (χ1v) is 7.67. The van der Waals surface area contributed by atoms with Crippen LogP contribution in [0.1, 0.15) is 11.4 Å². The average Bonchev–Trinajstić information content (AvgIpc) is 2.95. The Morgan fingerprint density at radius 1 is 1.21 bits per heavy atom. The number of para-hydroxylation sites is 2. The van der Waals surface area contributed by atoms with E-state index in [0.717, 1.165) is 28.2 Å². The Balaban J connectivity index is 1.62. The number of imidazole rings is 1. The molecule has 1 aromatic heterocycles. The van der Waals surface area contributed by atoms with Crippen LogP contribution in [0.2, 0.25) is 0 Å². The van der Waals surface area contributed by atoms with E-state index in [-0.39, 0.29) is 5.91 Å². The van der Waals surface area contributed by atoms with E-state index in [1.54, 1.807) is 13.2 Å². The van der Waals surface area contributed by atoms with Crippen molar-refractivity contribution in [1.82, 2.24) is 14.9 Å².